The predicted octanol–water partition coefficient (Wildman–Crippen LogP) is 4.62. The highest BCUT2D eigenvalue weighted by Gasteiger charge is 2.19. The Hall–Kier alpha value is -3.12. The average molecular weight is 408 g/mol. The van der Waals surface area contributed by atoms with Crippen molar-refractivity contribution in [2.45, 2.75) is 19.3 Å². The van der Waals surface area contributed by atoms with E-state index in [1.165, 1.54) is 6.42 Å². The van der Waals surface area contributed by atoms with Crippen LogP contribution in [0.5, 0.6) is 0 Å². The minimum atomic E-state index is -0.373. The zero-order valence-corrected chi connectivity index (χ0v) is 16.7. The molecule has 0 atom stereocenters. The third kappa shape index (κ3) is 4.17. The maximum atomic E-state index is 13.0. The van der Waals surface area contributed by atoms with Gasteiger partial charge in [0.1, 0.15) is 0 Å². The Morgan fingerprint density at radius 3 is 2.66 bits per heavy atom. The van der Waals surface area contributed by atoms with Gasteiger partial charge < -0.3 is 16.0 Å². The molecular formula is C22H22ClN5O. The molecule has 6 nitrogen and oxygen atoms in total. The van der Waals surface area contributed by atoms with Crippen LogP contribution in [0.15, 0.2) is 54.9 Å². The first-order valence-electron chi connectivity index (χ1n) is 9.65. The first-order valence-corrected chi connectivity index (χ1v) is 10.0. The fourth-order valence-corrected chi connectivity index (χ4v) is 3.78. The van der Waals surface area contributed by atoms with Crippen molar-refractivity contribution in [2.24, 2.45) is 0 Å². The molecule has 0 radical (unpaired) electrons. The molecule has 1 aromatic carbocycles. The van der Waals surface area contributed by atoms with Crippen LogP contribution in [0.4, 0.5) is 17.1 Å². The summed E-state index contributed by atoms with van der Waals surface area (Å²) in [5.74, 6) is -0.373. The van der Waals surface area contributed by atoms with E-state index in [0.717, 1.165) is 37.2 Å². The van der Waals surface area contributed by atoms with E-state index in [9.17, 15) is 4.79 Å². The molecule has 0 bridgehead atoms. The molecule has 1 aliphatic rings. The molecule has 7 heteroatoms. The molecule has 0 unspecified atom stereocenters. The number of carbonyl (C=O) groups excluding carboxylic acids is 1. The van der Waals surface area contributed by atoms with Crippen LogP contribution in [0.3, 0.4) is 0 Å². The van der Waals surface area contributed by atoms with Gasteiger partial charge in [-0.15, -0.1) is 0 Å². The molecule has 0 spiro atoms. The molecule has 1 saturated heterocycles. The lowest BCUT2D eigenvalue weighted by atomic mass is 10.1. The third-order valence-corrected chi connectivity index (χ3v) is 5.36. The van der Waals surface area contributed by atoms with Crippen molar-refractivity contribution in [3.63, 3.8) is 0 Å². The number of hydrogen-bond acceptors (Lipinski definition) is 5. The Morgan fingerprint density at radius 1 is 1.07 bits per heavy atom. The summed E-state index contributed by atoms with van der Waals surface area (Å²) >= 11 is 6.28. The summed E-state index contributed by atoms with van der Waals surface area (Å²) in [6, 6.07) is 12.7. The van der Waals surface area contributed by atoms with Crippen molar-refractivity contribution in [3.05, 3.63) is 65.6 Å². The molecule has 3 heterocycles. The molecule has 1 aliphatic heterocycles. The summed E-state index contributed by atoms with van der Waals surface area (Å²) in [5.41, 5.74) is 9.49. The molecule has 1 amide bonds. The molecule has 4 rings (SSSR count). The molecule has 2 aromatic heterocycles. The van der Waals surface area contributed by atoms with Gasteiger partial charge in [-0.3, -0.25) is 9.78 Å². The molecule has 1 fully saturated rings. The van der Waals surface area contributed by atoms with Crippen molar-refractivity contribution in [3.8, 4) is 11.3 Å². The van der Waals surface area contributed by atoms with E-state index in [1.807, 2.05) is 24.3 Å². The van der Waals surface area contributed by atoms with Crippen molar-refractivity contribution < 1.29 is 4.79 Å². The van der Waals surface area contributed by atoms with Gasteiger partial charge in [-0.2, -0.15) is 0 Å². The van der Waals surface area contributed by atoms with Crippen LogP contribution in [0.1, 0.15) is 29.8 Å². The van der Waals surface area contributed by atoms with Gasteiger partial charge in [-0.25, -0.2) is 4.98 Å². The van der Waals surface area contributed by atoms with E-state index < -0.39 is 0 Å². The minimum Gasteiger partial charge on any atom is -0.397 e. The molecule has 148 valence electrons. The minimum absolute atomic E-state index is 0.163. The highest BCUT2D eigenvalue weighted by Crippen LogP contribution is 2.30. The van der Waals surface area contributed by atoms with Gasteiger partial charge in [-0.05, 0) is 43.5 Å². The standard InChI is InChI=1S/C22H22ClN5O/c23-16-7-3-2-6-15(16)18-9-8-17(24)21(26-18)22(29)27-19-14-25-11-10-20(19)28-12-4-1-5-13-28/h2-3,6-11,14H,1,4-5,12-13,24H2,(H,27,29). The second-order valence-electron chi connectivity index (χ2n) is 7.01. The number of rotatable bonds is 4. The van der Waals surface area contributed by atoms with Gasteiger partial charge in [0.25, 0.3) is 5.91 Å². The number of piperidine rings is 1. The average Bonchev–Trinajstić information content (AvgIpc) is 2.75. The number of nitrogens with two attached hydrogens (primary N) is 1. The van der Waals surface area contributed by atoms with Crippen LogP contribution >= 0.6 is 11.6 Å². The van der Waals surface area contributed by atoms with E-state index in [1.54, 1.807) is 30.6 Å². The van der Waals surface area contributed by atoms with E-state index in [-0.39, 0.29) is 11.6 Å². The molecule has 3 N–H and O–H groups in total. The highest BCUT2D eigenvalue weighted by atomic mass is 35.5. The SMILES string of the molecule is Nc1ccc(-c2ccccc2Cl)nc1C(=O)Nc1cnccc1N1CCCCC1. The normalized spacial score (nSPS) is 13.9. The second-order valence-corrected chi connectivity index (χ2v) is 7.42. The molecule has 0 saturated carbocycles. The van der Waals surface area contributed by atoms with Gasteiger partial charge >= 0.3 is 0 Å². The number of carbonyl (C=O) groups is 1. The number of amides is 1. The molecular weight excluding hydrogens is 386 g/mol. The molecule has 0 aliphatic carbocycles. The number of halogens is 1. The van der Waals surface area contributed by atoms with Crippen LogP contribution in [0, 0.1) is 0 Å². The summed E-state index contributed by atoms with van der Waals surface area (Å²) in [6.07, 6.45) is 6.92. The highest BCUT2D eigenvalue weighted by molar-refractivity contribution is 6.33. The van der Waals surface area contributed by atoms with Crippen LogP contribution in [-0.2, 0) is 0 Å². The van der Waals surface area contributed by atoms with Crippen LogP contribution in [0.2, 0.25) is 5.02 Å². The zero-order valence-electron chi connectivity index (χ0n) is 15.9. The van der Waals surface area contributed by atoms with Crippen molar-refractivity contribution >= 4 is 34.6 Å². The number of aromatic nitrogens is 2. The predicted molar refractivity (Wildman–Crippen MR) is 117 cm³/mol. The van der Waals surface area contributed by atoms with Crippen LogP contribution in [0.25, 0.3) is 11.3 Å². The van der Waals surface area contributed by atoms with Gasteiger partial charge in [0.2, 0.25) is 0 Å². The number of nitrogens with zero attached hydrogens (tertiary/aromatic N) is 3. The zero-order chi connectivity index (χ0) is 20.2. The molecule has 3 aromatic rings. The Bertz CT molecular complexity index is 1030. The number of nitrogen functional groups attached to an aromatic ring is 1. The Labute approximate surface area is 174 Å². The Balaban J connectivity index is 1.63. The maximum absolute atomic E-state index is 13.0. The summed E-state index contributed by atoms with van der Waals surface area (Å²) < 4.78 is 0. The smallest absolute Gasteiger partial charge is 0.276 e. The second kappa shape index (κ2) is 8.49. The number of pyridine rings is 2. The summed E-state index contributed by atoms with van der Waals surface area (Å²) in [5, 5.41) is 3.51. The van der Waals surface area contributed by atoms with E-state index in [2.05, 4.69) is 20.2 Å². The van der Waals surface area contributed by atoms with Crippen molar-refractivity contribution in [1.82, 2.24) is 9.97 Å². The summed E-state index contributed by atoms with van der Waals surface area (Å²) in [4.78, 5) is 23.9. The number of hydrogen-bond donors (Lipinski definition) is 2. The first-order chi connectivity index (χ1) is 14.1. The van der Waals surface area contributed by atoms with Crippen molar-refractivity contribution in [1.29, 1.82) is 0 Å². The summed E-state index contributed by atoms with van der Waals surface area (Å²) in [6.45, 7) is 1.94. The van der Waals surface area contributed by atoms with Crippen molar-refractivity contribution in [2.75, 3.05) is 29.0 Å². The lowest BCUT2D eigenvalue weighted by Gasteiger charge is -2.30. The van der Waals surface area contributed by atoms with Gasteiger partial charge in [0, 0.05) is 29.9 Å². The number of anilines is 3. The fraction of sp³-hybridized carbons (Fsp3) is 0.227. The van der Waals surface area contributed by atoms with Gasteiger partial charge in [0.05, 0.1) is 29.0 Å². The number of benzene rings is 1. The van der Waals surface area contributed by atoms with E-state index in [0.29, 0.717) is 22.1 Å². The van der Waals surface area contributed by atoms with Crippen LogP contribution < -0.4 is 16.0 Å². The summed E-state index contributed by atoms with van der Waals surface area (Å²) in [7, 11) is 0. The fourth-order valence-electron chi connectivity index (χ4n) is 3.55. The maximum Gasteiger partial charge on any atom is 0.276 e. The van der Waals surface area contributed by atoms with Crippen LogP contribution in [-0.4, -0.2) is 29.0 Å². The largest absolute Gasteiger partial charge is 0.397 e. The first kappa shape index (κ1) is 19.2. The third-order valence-electron chi connectivity index (χ3n) is 5.03. The monoisotopic (exact) mass is 407 g/mol. The van der Waals surface area contributed by atoms with E-state index >= 15 is 0 Å². The topological polar surface area (TPSA) is 84.1 Å². The Morgan fingerprint density at radius 2 is 1.86 bits per heavy atom. The Kier molecular flexibility index (Phi) is 5.62. The van der Waals surface area contributed by atoms with Gasteiger partial charge in [0.15, 0.2) is 5.69 Å². The lowest BCUT2D eigenvalue weighted by molar-refractivity contribution is 0.102. The quantitative estimate of drug-likeness (QED) is 0.659. The lowest BCUT2D eigenvalue weighted by Crippen LogP contribution is -2.30. The number of nitrogens with one attached hydrogen (secondary N) is 1. The van der Waals surface area contributed by atoms with E-state index in [4.69, 9.17) is 17.3 Å². The molecule has 29 heavy (non-hydrogen) atoms. The van der Waals surface area contributed by atoms with Gasteiger partial charge in [-0.1, -0.05) is 29.8 Å².